The zero-order valence-corrected chi connectivity index (χ0v) is 8.06. The molecule has 0 amide bonds. The van der Waals surface area contributed by atoms with Crippen LogP contribution in [0.3, 0.4) is 0 Å². The lowest BCUT2D eigenvalue weighted by molar-refractivity contribution is 0.480. The Morgan fingerprint density at radius 1 is 1.33 bits per heavy atom. The number of halogens is 2. The Kier molecular flexibility index (Phi) is 3.45. The summed E-state index contributed by atoms with van der Waals surface area (Å²) >= 11 is 11.6. The van der Waals surface area contributed by atoms with Gasteiger partial charge in [-0.2, -0.15) is 0 Å². The van der Waals surface area contributed by atoms with Crippen LogP contribution in [-0.2, 0) is 0 Å². The lowest BCUT2D eigenvalue weighted by atomic mass is 10.3. The van der Waals surface area contributed by atoms with E-state index in [1.807, 2.05) is 6.92 Å². The lowest BCUT2D eigenvalue weighted by Crippen LogP contribution is -1.82. The van der Waals surface area contributed by atoms with Crippen molar-refractivity contribution in [1.29, 1.82) is 0 Å². The van der Waals surface area contributed by atoms with Crippen molar-refractivity contribution in [3.05, 3.63) is 40.6 Å². The molecule has 0 aliphatic carbocycles. The third-order valence-corrected chi connectivity index (χ3v) is 2.05. The molecule has 3 heteroatoms. The number of benzene rings is 1. The van der Waals surface area contributed by atoms with Crippen LogP contribution in [-0.4, -0.2) is 0 Å². The lowest BCUT2D eigenvalue weighted by Gasteiger charge is -2.02. The van der Waals surface area contributed by atoms with Gasteiger partial charge in [0, 0.05) is 0 Å². The average Bonchev–Trinajstić information content (AvgIpc) is 2.08. The van der Waals surface area contributed by atoms with Crippen molar-refractivity contribution in [3.8, 4) is 5.75 Å². The minimum atomic E-state index is 0.442. The second-order valence-electron chi connectivity index (χ2n) is 2.14. The largest absolute Gasteiger partial charge is 0.464 e. The van der Waals surface area contributed by atoms with E-state index in [2.05, 4.69) is 0 Å². The molecule has 1 aromatic carbocycles. The quantitative estimate of drug-likeness (QED) is 0.662. The molecule has 0 aliphatic rings. The van der Waals surface area contributed by atoms with Crippen molar-refractivity contribution in [3.63, 3.8) is 0 Å². The molecule has 1 aromatic rings. The summed E-state index contributed by atoms with van der Waals surface area (Å²) in [6, 6.07) is 5.26. The number of hydrogen-bond donors (Lipinski definition) is 0. The molecular weight excluding hydrogens is 195 g/mol. The molecule has 0 atom stereocenters. The standard InChI is InChI=1S/C9H8Cl2O/c1-2-6-12-8-5-3-4-7(10)9(8)11/h2-6H,1H3/b6-2-. The zero-order valence-electron chi connectivity index (χ0n) is 6.55. The normalized spacial score (nSPS) is 10.6. The summed E-state index contributed by atoms with van der Waals surface area (Å²) in [6.45, 7) is 1.86. The average molecular weight is 203 g/mol. The van der Waals surface area contributed by atoms with Gasteiger partial charge in [0.15, 0.2) is 0 Å². The molecule has 12 heavy (non-hydrogen) atoms. The Bertz CT molecular complexity index is 295. The molecule has 0 aliphatic heterocycles. The van der Waals surface area contributed by atoms with E-state index in [1.54, 1.807) is 30.5 Å². The smallest absolute Gasteiger partial charge is 0.146 e. The summed E-state index contributed by atoms with van der Waals surface area (Å²) in [5, 5.41) is 0.941. The van der Waals surface area contributed by atoms with Crippen molar-refractivity contribution < 1.29 is 4.74 Å². The van der Waals surface area contributed by atoms with Crippen molar-refractivity contribution in [2.75, 3.05) is 0 Å². The number of hydrogen-bond acceptors (Lipinski definition) is 1. The minimum Gasteiger partial charge on any atom is -0.464 e. The predicted molar refractivity (Wildman–Crippen MR) is 51.9 cm³/mol. The predicted octanol–water partition coefficient (Wildman–Crippen LogP) is 3.91. The minimum absolute atomic E-state index is 0.442. The number of ether oxygens (including phenoxy) is 1. The van der Waals surface area contributed by atoms with Crippen LogP contribution in [0, 0.1) is 0 Å². The maximum Gasteiger partial charge on any atom is 0.146 e. The van der Waals surface area contributed by atoms with Crippen molar-refractivity contribution >= 4 is 23.2 Å². The first kappa shape index (κ1) is 9.43. The van der Waals surface area contributed by atoms with Gasteiger partial charge in [0.05, 0.1) is 11.3 Å². The molecule has 0 bridgehead atoms. The second-order valence-corrected chi connectivity index (χ2v) is 2.92. The molecule has 0 N–H and O–H groups in total. The third-order valence-electron chi connectivity index (χ3n) is 1.25. The highest BCUT2D eigenvalue weighted by Crippen LogP contribution is 2.31. The highest BCUT2D eigenvalue weighted by atomic mass is 35.5. The van der Waals surface area contributed by atoms with Crippen molar-refractivity contribution in [1.82, 2.24) is 0 Å². The van der Waals surface area contributed by atoms with Crippen molar-refractivity contribution in [2.45, 2.75) is 6.92 Å². The number of rotatable bonds is 2. The molecule has 1 rings (SSSR count). The second kappa shape index (κ2) is 4.39. The highest BCUT2D eigenvalue weighted by Gasteiger charge is 2.02. The Labute approximate surface area is 81.6 Å². The van der Waals surface area contributed by atoms with Gasteiger partial charge in [-0.15, -0.1) is 0 Å². The van der Waals surface area contributed by atoms with E-state index < -0.39 is 0 Å². The van der Waals surface area contributed by atoms with Gasteiger partial charge in [0.1, 0.15) is 10.8 Å². The fraction of sp³-hybridized carbons (Fsp3) is 0.111. The summed E-state index contributed by atoms with van der Waals surface area (Å²) in [4.78, 5) is 0. The SMILES string of the molecule is C/C=C\Oc1cccc(Cl)c1Cl. The molecule has 0 saturated carbocycles. The first-order valence-corrected chi connectivity index (χ1v) is 4.23. The first-order valence-electron chi connectivity index (χ1n) is 3.47. The molecule has 0 heterocycles. The van der Waals surface area contributed by atoms with Gasteiger partial charge in [-0.3, -0.25) is 0 Å². The Balaban J connectivity index is 2.92. The van der Waals surface area contributed by atoms with Crippen LogP contribution in [0.15, 0.2) is 30.5 Å². The summed E-state index contributed by atoms with van der Waals surface area (Å²) in [5.74, 6) is 0.572. The van der Waals surface area contributed by atoms with Crippen LogP contribution in [0.25, 0.3) is 0 Å². The topological polar surface area (TPSA) is 9.23 Å². The van der Waals surface area contributed by atoms with Crippen LogP contribution in [0.2, 0.25) is 10.0 Å². The summed E-state index contributed by atoms with van der Waals surface area (Å²) in [5.41, 5.74) is 0. The van der Waals surface area contributed by atoms with Gasteiger partial charge < -0.3 is 4.74 Å². The molecule has 0 saturated heterocycles. The number of allylic oxidation sites excluding steroid dienone is 1. The van der Waals surface area contributed by atoms with E-state index >= 15 is 0 Å². The fourth-order valence-corrected chi connectivity index (χ4v) is 1.05. The third kappa shape index (κ3) is 2.16. The monoisotopic (exact) mass is 202 g/mol. The van der Waals surface area contributed by atoms with Crippen molar-refractivity contribution in [2.24, 2.45) is 0 Å². The van der Waals surface area contributed by atoms with E-state index in [0.29, 0.717) is 15.8 Å². The van der Waals surface area contributed by atoms with Crippen LogP contribution < -0.4 is 4.74 Å². The molecule has 0 unspecified atom stereocenters. The Morgan fingerprint density at radius 3 is 2.75 bits per heavy atom. The zero-order chi connectivity index (χ0) is 8.97. The fourth-order valence-electron chi connectivity index (χ4n) is 0.716. The maximum atomic E-state index is 5.84. The van der Waals surface area contributed by atoms with E-state index in [0.717, 1.165) is 0 Å². The molecule has 0 radical (unpaired) electrons. The van der Waals surface area contributed by atoms with E-state index in [-0.39, 0.29) is 0 Å². The molecule has 0 fully saturated rings. The maximum absolute atomic E-state index is 5.84. The molecule has 0 aromatic heterocycles. The summed E-state index contributed by atoms with van der Waals surface area (Å²) < 4.78 is 5.17. The van der Waals surface area contributed by atoms with Gasteiger partial charge in [-0.05, 0) is 19.1 Å². The van der Waals surface area contributed by atoms with E-state index in [1.165, 1.54) is 0 Å². The van der Waals surface area contributed by atoms with Crippen LogP contribution >= 0.6 is 23.2 Å². The van der Waals surface area contributed by atoms with Gasteiger partial charge in [-0.25, -0.2) is 0 Å². The molecular formula is C9H8Cl2O. The van der Waals surface area contributed by atoms with Gasteiger partial charge >= 0.3 is 0 Å². The first-order chi connectivity index (χ1) is 5.75. The van der Waals surface area contributed by atoms with Gasteiger partial charge in [-0.1, -0.05) is 35.3 Å². The Hall–Kier alpha value is -0.660. The molecule has 64 valence electrons. The van der Waals surface area contributed by atoms with Gasteiger partial charge in [0.25, 0.3) is 0 Å². The van der Waals surface area contributed by atoms with Crippen LogP contribution in [0.1, 0.15) is 6.92 Å². The summed E-state index contributed by atoms with van der Waals surface area (Å²) in [6.07, 6.45) is 3.33. The molecule has 1 nitrogen and oxygen atoms in total. The highest BCUT2D eigenvalue weighted by molar-refractivity contribution is 6.42. The van der Waals surface area contributed by atoms with Crippen LogP contribution in [0.5, 0.6) is 5.75 Å². The van der Waals surface area contributed by atoms with E-state index in [9.17, 15) is 0 Å². The van der Waals surface area contributed by atoms with Crippen LogP contribution in [0.4, 0.5) is 0 Å². The van der Waals surface area contributed by atoms with E-state index in [4.69, 9.17) is 27.9 Å². The summed E-state index contributed by atoms with van der Waals surface area (Å²) in [7, 11) is 0. The molecule has 0 spiro atoms. The Morgan fingerprint density at radius 2 is 2.08 bits per heavy atom. The van der Waals surface area contributed by atoms with Gasteiger partial charge in [0.2, 0.25) is 0 Å².